The molecule has 3 heteroatoms. The van der Waals surface area contributed by atoms with Crippen molar-refractivity contribution in [2.45, 2.75) is 6.92 Å². The molecule has 2 rings (SSSR count). The summed E-state index contributed by atoms with van der Waals surface area (Å²) >= 11 is 0. The van der Waals surface area contributed by atoms with Gasteiger partial charge in [0.05, 0.1) is 0 Å². The molecule has 0 saturated heterocycles. The Kier molecular flexibility index (Phi) is 3.63. The van der Waals surface area contributed by atoms with Crippen LogP contribution in [-0.2, 0) is 4.79 Å². The number of hydrogen-bond acceptors (Lipinski definition) is 2. The van der Waals surface area contributed by atoms with Gasteiger partial charge in [0.1, 0.15) is 0 Å². The van der Waals surface area contributed by atoms with Crippen LogP contribution in [0.4, 0.5) is 5.69 Å². The topological polar surface area (TPSA) is 40.5 Å². The van der Waals surface area contributed by atoms with Crippen LogP contribution in [0.5, 0.6) is 0 Å². The van der Waals surface area contributed by atoms with Gasteiger partial charge < -0.3 is 10.0 Å². The third-order valence-corrected chi connectivity index (χ3v) is 2.79. The fraction of sp³-hybridized carbons (Fsp3) is 0.133. The Morgan fingerprint density at radius 2 is 2.11 bits per heavy atom. The van der Waals surface area contributed by atoms with Gasteiger partial charge in [-0.05, 0) is 30.7 Å². The van der Waals surface area contributed by atoms with E-state index in [-0.39, 0.29) is 0 Å². The number of benzene rings is 1. The number of allylic oxidation sites excluding steroid dienone is 3. The number of carbonyl (C=O) groups is 1. The largest absolute Gasteiger partial charge is 0.478 e. The fourth-order valence-electron chi connectivity index (χ4n) is 2.01. The number of hydrogen-bond donors (Lipinski definition) is 1. The quantitative estimate of drug-likeness (QED) is 0.827. The molecule has 0 saturated carbocycles. The van der Waals surface area contributed by atoms with E-state index in [9.17, 15) is 4.79 Å². The SMILES string of the molecule is CCN1/C(=C\C=C\C(=O)O)C=Cc2ccccc21. The Hall–Kier alpha value is -2.29. The number of nitrogens with zero attached hydrogens (tertiary/aromatic N) is 1. The van der Waals surface area contributed by atoms with Crippen molar-refractivity contribution in [3.05, 3.63) is 59.8 Å². The molecule has 0 spiro atoms. The predicted octanol–water partition coefficient (Wildman–Crippen LogP) is 3.06. The summed E-state index contributed by atoms with van der Waals surface area (Å²) in [6.45, 7) is 2.92. The molecule has 1 aromatic carbocycles. The number of aliphatic carboxylic acids is 1. The standard InChI is InChI=1S/C15H15NO2/c1-2-16-13(7-5-9-15(17)18)11-10-12-6-3-4-8-14(12)16/h3-11H,2H2,1H3,(H,17,18)/b9-5+,13-7-. The van der Waals surface area contributed by atoms with E-state index in [0.29, 0.717) is 0 Å². The number of carboxylic acid groups (broad SMARTS) is 1. The number of fused-ring (bicyclic) bond motifs is 1. The molecule has 1 heterocycles. The smallest absolute Gasteiger partial charge is 0.328 e. The Balaban J connectivity index is 2.33. The Morgan fingerprint density at radius 3 is 2.83 bits per heavy atom. The van der Waals surface area contributed by atoms with Gasteiger partial charge in [-0.2, -0.15) is 0 Å². The average Bonchev–Trinajstić information content (AvgIpc) is 2.38. The Labute approximate surface area is 106 Å². The minimum Gasteiger partial charge on any atom is -0.478 e. The lowest BCUT2D eigenvalue weighted by Crippen LogP contribution is -2.23. The van der Waals surface area contributed by atoms with Gasteiger partial charge in [0.2, 0.25) is 0 Å². The molecule has 3 nitrogen and oxygen atoms in total. The fourth-order valence-corrected chi connectivity index (χ4v) is 2.01. The van der Waals surface area contributed by atoms with E-state index in [1.54, 1.807) is 6.08 Å². The van der Waals surface area contributed by atoms with Crippen LogP contribution in [-0.4, -0.2) is 17.6 Å². The van der Waals surface area contributed by atoms with Crippen molar-refractivity contribution in [2.75, 3.05) is 11.4 Å². The maximum Gasteiger partial charge on any atom is 0.328 e. The van der Waals surface area contributed by atoms with Crippen molar-refractivity contribution < 1.29 is 9.90 Å². The summed E-state index contributed by atoms with van der Waals surface area (Å²) in [6.07, 6.45) is 8.54. The summed E-state index contributed by atoms with van der Waals surface area (Å²) in [6, 6.07) is 8.15. The van der Waals surface area contributed by atoms with E-state index in [1.165, 1.54) is 5.56 Å². The van der Waals surface area contributed by atoms with Gasteiger partial charge in [-0.1, -0.05) is 30.4 Å². The van der Waals surface area contributed by atoms with Gasteiger partial charge in [0, 0.05) is 24.0 Å². The molecule has 0 aliphatic carbocycles. The van der Waals surface area contributed by atoms with E-state index in [0.717, 1.165) is 24.0 Å². The third kappa shape index (κ3) is 2.51. The number of likely N-dealkylation sites (N-methyl/N-ethyl adjacent to an activating group) is 1. The second-order valence-corrected chi connectivity index (χ2v) is 3.93. The number of para-hydroxylation sites is 1. The van der Waals surface area contributed by atoms with E-state index >= 15 is 0 Å². The van der Waals surface area contributed by atoms with Gasteiger partial charge in [0.15, 0.2) is 0 Å². The first-order valence-electron chi connectivity index (χ1n) is 5.88. The molecule has 1 N–H and O–H groups in total. The lowest BCUT2D eigenvalue weighted by Gasteiger charge is -2.29. The molecule has 1 aliphatic heterocycles. The summed E-state index contributed by atoms with van der Waals surface area (Å²) in [4.78, 5) is 12.6. The molecule has 1 aliphatic rings. The summed E-state index contributed by atoms with van der Waals surface area (Å²) in [5.74, 6) is -0.935. The van der Waals surface area contributed by atoms with Crippen LogP contribution in [0, 0.1) is 0 Å². The summed E-state index contributed by atoms with van der Waals surface area (Å²) < 4.78 is 0. The first kappa shape index (κ1) is 12.2. The van der Waals surface area contributed by atoms with E-state index in [4.69, 9.17) is 5.11 Å². The van der Waals surface area contributed by atoms with Crippen LogP contribution >= 0.6 is 0 Å². The lowest BCUT2D eigenvalue weighted by atomic mass is 10.1. The van der Waals surface area contributed by atoms with Crippen molar-refractivity contribution in [1.29, 1.82) is 0 Å². The molecule has 92 valence electrons. The van der Waals surface area contributed by atoms with Gasteiger partial charge in [0.25, 0.3) is 0 Å². The number of anilines is 1. The zero-order valence-corrected chi connectivity index (χ0v) is 10.2. The maximum absolute atomic E-state index is 10.4. The van der Waals surface area contributed by atoms with E-state index in [1.807, 2.05) is 30.4 Å². The highest BCUT2D eigenvalue weighted by Gasteiger charge is 2.14. The minimum atomic E-state index is -0.935. The molecule has 0 radical (unpaired) electrons. The summed E-state index contributed by atoms with van der Waals surface area (Å²) in [5.41, 5.74) is 3.32. The molecule has 1 aromatic rings. The monoisotopic (exact) mass is 241 g/mol. The first-order valence-corrected chi connectivity index (χ1v) is 5.88. The molecule has 18 heavy (non-hydrogen) atoms. The second-order valence-electron chi connectivity index (χ2n) is 3.93. The molecular formula is C15H15NO2. The second kappa shape index (κ2) is 5.36. The van der Waals surface area contributed by atoms with Crippen molar-refractivity contribution in [1.82, 2.24) is 0 Å². The van der Waals surface area contributed by atoms with Crippen LogP contribution in [0.2, 0.25) is 0 Å². The Morgan fingerprint density at radius 1 is 1.33 bits per heavy atom. The highest BCUT2D eigenvalue weighted by Crippen LogP contribution is 2.30. The Bertz CT molecular complexity index is 541. The molecule has 0 bridgehead atoms. The van der Waals surface area contributed by atoms with Crippen LogP contribution < -0.4 is 4.90 Å². The van der Waals surface area contributed by atoms with Gasteiger partial charge in [-0.15, -0.1) is 0 Å². The van der Waals surface area contributed by atoms with Gasteiger partial charge in [-0.25, -0.2) is 4.79 Å². The van der Waals surface area contributed by atoms with Crippen LogP contribution in [0.25, 0.3) is 6.08 Å². The first-order chi connectivity index (χ1) is 8.72. The van der Waals surface area contributed by atoms with Crippen molar-refractivity contribution in [3.63, 3.8) is 0 Å². The van der Waals surface area contributed by atoms with E-state index < -0.39 is 5.97 Å². The van der Waals surface area contributed by atoms with Gasteiger partial charge >= 0.3 is 5.97 Å². The number of rotatable bonds is 3. The zero-order valence-electron chi connectivity index (χ0n) is 10.2. The third-order valence-electron chi connectivity index (χ3n) is 2.79. The average molecular weight is 241 g/mol. The van der Waals surface area contributed by atoms with Crippen molar-refractivity contribution in [3.8, 4) is 0 Å². The lowest BCUT2D eigenvalue weighted by molar-refractivity contribution is -0.131. The number of carboxylic acids is 1. The van der Waals surface area contributed by atoms with Gasteiger partial charge in [-0.3, -0.25) is 0 Å². The molecule has 0 unspecified atom stereocenters. The highest BCUT2D eigenvalue weighted by atomic mass is 16.4. The molecular weight excluding hydrogens is 226 g/mol. The van der Waals surface area contributed by atoms with E-state index in [2.05, 4.69) is 24.0 Å². The predicted molar refractivity (Wildman–Crippen MR) is 73.4 cm³/mol. The molecule has 0 amide bonds. The summed E-state index contributed by atoms with van der Waals surface area (Å²) in [5, 5.41) is 8.58. The maximum atomic E-state index is 10.4. The zero-order chi connectivity index (χ0) is 13.0. The molecule has 0 fully saturated rings. The molecule has 0 aromatic heterocycles. The van der Waals surface area contributed by atoms with Crippen LogP contribution in [0.1, 0.15) is 12.5 Å². The minimum absolute atomic E-state index is 0.841. The highest BCUT2D eigenvalue weighted by molar-refractivity contribution is 5.80. The van der Waals surface area contributed by atoms with Crippen LogP contribution in [0.3, 0.4) is 0 Å². The molecule has 0 atom stereocenters. The van der Waals surface area contributed by atoms with Crippen molar-refractivity contribution in [2.24, 2.45) is 0 Å². The van der Waals surface area contributed by atoms with Crippen molar-refractivity contribution >= 4 is 17.7 Å². The normalized spacial score (nSPS) is 16.3. The summed E-state index contributed by atoms with van der Waals surface area (Å²) in [7, 11) is 0. The van der Waals surface area contributed by atoms with Crippen LogP contribution in [0.15, 0.2) is 54.3 Å².